The zero-order valence-corrected chi connectivity index (χ0v) is 17.3. The molecular formula is C17H26BrClN2O4. The molecule has 0 saturated heterocycles. The topological polar surface area (TPSA) is 102 Å². The van der Waals surface area contributed by atoms with E-state index in [0.29, 0.717) is 10.0 Å². The Morgan fingerprint density at radius 2 is 1.96 bits per heavy atom. The number of rotatable bonds is 6. The first-order chi connectivity index (χ1) is 11.1. The molecule has 25 heavy (non-hydrogen) atoms. The second kappa shape index (κ2) is 9.99. The number of amides is 1. The monoisotopic (exact) mass is 436 g/mol. The van der Waals surface area contributed by atoms with E-state index in [-0.39, 0.29) is 43.1 Å². The summed E-state index contributed by atoms with van der Waals surface area (Å²) in [5.74, 6) is -0.896. The molecule has 0 bridgehead atoms. The number of benzene rings is 1. The molecule has 1 atom stereocenters. The highest BCUT2D eigenvalue weighted by Gasteiger charge is 2.25. The molecule has 1 rings (SSSR count). The van der Waals surface area contributed by atoms with Crippen molar-refractivity contribution in [1.29, 1.82) is 0 Å². The van der Waals surface area contributed by atoms with Crippen molar-refractivity contribution in [2.75, 3.05) is 13.2 Å². The summed E-state index contributed by atoms with van der Waals surface area (Å²) in [6, 6.07) is 2.89. The second-order valence-corrected chi connectivity index (χ2v) is 7.33. The minimum Gasteiger partial charge on any atom is -0.506 e. The smallest absolute Gasteiger partial charge is 0.308 e. The number of hydrogen-bond donors (Lipinski definition) is 3. The van der Waals surface area contributed by atoms with Gasteiger partial charge in [0, 0.05) is 5.56 Å². The van der Waals surface area contributed by atoms with Crippen molar-refractivity contribution >= 4 is 40.2 Å². The number of halogens is 2. The molecule has 1 aromatic carbocycles. The zero-order chi connectivity index (χ0) is 18.5. The van der Waals surface area contributed by atoms with E-state index in [1.165, 1.54) is 0 Å². The molecule has 0 heterocycles. The molecule has 0 fully saturated rings. The third-order valence-corrected chi connectivity index (χ3v) is 4.14. The fourth-order valence-electron chi connectivity index (χ4n) is 2.20. The Bertz CT molecular complexity index is 617. The average Bonchev–Trinajstić information content (AvgIpc) is 2.48. The van der Waals surface area contributed by atoms with E-state index in [1.54, 1.807) is 13.0 Å². The minimum atomic E-state index is -0.723. The SMILES string of the molecule is CCOC(=O)C[C@H](NC(=O)CN)c1cc(C(C)(C)C)cc(Br)c1O.Cl. The minimum absolute atomic E-state index is 0. The lowest BCUT2D eigenvalue weighted by Gasteiger charge is -2.25. The molecule has 0 aromatic heterocycles. The van der Waals surface area contributed by atoms with Crippen LogP contribution in [-0.4, -0.2) is 30.1 Å². The zero-order valence-electron chi connectivity index (χ0n) is 14.9. The number of ether oxygens (including phenoxy) is 1. The first-order valence-corrected chi connectivity index (χ1v) is 8.57. The van der Waals surface area contributed by atoms with Crippen molar-refractivity contribution < 1.29 is 19.4 Å². The molecule has 0 aliphatic rings. The molecule has 0 unspecified atom stereocenters. The van der Waals surface area contributed by atoms with Crippen molar-refractivity contribution in [3.63, 3.8) is 0 Å². The van der Waals surface area contributed by atoms with Crippen LogP contribution in [0.25, 0.3) is 0 Å². The standard InChI is InChI=1S/C17H25BrN2O4.ClH/c1-5-24-15(22)8-13(20-14(21)9-19)11-6-10(17(2,3)4)7-12(18)16(11)23;/h6-7,13,23H,5,8-9,19H2,1-4H3,(H,20,21);1H/t13-;/m0./s1. The van der Waals surface area contributed by atoms with Crippen LogP contribution < -0.4 is 11.1 Å². The van der Waals surface area contributed by atoms with Crippen LogP contribution in [0.15, 0.2) is 16.6 Å². The summed E-state index contributed by atoms with van der Waals surface area (Å²) in [5.41, 5.74) is 6.59. The predicted molar refractivity (Wildman–Crippen MR) is 103 cm³/mol. The number of phenols is 1. The predicted octanol–water partition coefficient (Wildman–Crippen LogP) is 2.94. The molecule has 4 N–H and O–H groups in total. The van der Waals surface area contributed by atoms with E-state index < -0.39 is 17.9 Å². The number of carbonyl (C=O) groups excluding carboxylic acids is 2. The van der Waals surface area contributed by atoms with E-state index >= 15 is 0 Å². The summed E-state index contributed by atoms with van der Waals surface area (Å²) in [6.07, 6.45) is -0.0901. The number of nitrogens with one attached hydrogen (secondary N) is 1. The van der Waals surface area contributed by atoms with Gasteiger partial charge in [-0.15, -0.1) is 12.4 Å². The van der Waals surface area contributed by atoms with Gasteiger partial charge in [0.05, 0.1) is 30.1 Å². The molecule has 0 aliphatic heterocycles. The van der Waals surface area contributed by atoms with Crippen molar-refractivity contribution in [2.24, 2.45) is 5.73 Å². The quantitative estimate of drug-likeness (QED) is 0.594. The number of hydrogen-bond acceptors (Lipinski definition) is 5. The first-order valence-electron chi connectivity index (χ1n) is 7.78. The summed E-state index contributed by atoms with van der Waals surface area (Å²) < 4.78 is 5.46. The molecule has 0 spiro atoms. The molecule has 0 saturated carbocycles. The Balaban J connectivity index is 0.00000576. The maximum atomic E-state index is 11.9. The van der Waals surface area contributed by atoms with E-state index in [1.807, 2.05) is 26.8 Å². The molecule has 6 nitrogen and oxygen atoms in total. The van der Waals surface area contributed by atoms with Gasteiger partial charge in [-0.25, -0.2) is 0 Å². The van der Waals surface area contributed by atoms with Crippen molar-refractivity contribution in [3.05, 3.63) is 27.7 Å². The summed E-state index contributed by atoms with van der Waals surface area (Å²) in [5, 5.41) is 13.1. The maximum absolute atomic E-state index is 11.9. The maximum Gasteiger partial charge on any atom is 0.308 e. The summed E-state index contributed by atoms with van der Waals surface area (Å²) in [4.78, 5) is 23.6. The van der Waals surface area contributed by atoms with Gasteiger partial charge in [-0.2, -0.15) is 0 Å². The van der Waals surface area contributed by atoms with Gasteiger partial charge in [0.2, 0.25) is 5.91 Å². The molecule has 0 aliphatic carbocycles. The molecule has 142 valence electrons. The van der Waals surface area contributed by atoms with E-state index in [2.05, 4.69) is 21.2 Å². The third-order valence-electron chi connectivity index (χ3n) is 3.53. The van der Waals surface area contributed by atoms with Gasteiger partial charge in [-0.3, -0.25) is 9.59 Å². The number of carbonyl (C=O) groups is 2. The Labute approximate surface area is 163 Å². The average molecular weight is 438 g/mol. The normalized spacial score (nSPS) is 12.1. The second-order valence-electron chi connectivity index (χ2n) is 6.48. The highest BCUT2D eigenvalue weighted by atomic mass is 79.9. The Morgan fingerprint density at radius 3 is 2.44 bits per heavy atom. The van der Waals surface area contributed by atoms with Crippen LogP contribution in [0.2, 0.25) is 0 Å². The van der Waals surface area contributed by atoms with E-state index in [0.717, 1.165) is 5.56 Å². The van der Waals surface area contributed by atoms with Crippen LogP contribution in [0.5, 0.6) is 5.75 Å². The van der Waals surface area contributed by atoms with E-state index in [9.17, 15) is 14.7 Å². The van der Waals surface area contributed by atoms with Crippen molar-refractivity contribution in [3.8, 4) is 5.75 Å². The number of aromatic hydroxyl groups is 1. The van der Waals surface area contributed by atoms with Crippen LogP contribution in [0.1, 0.15) is 51.3 Å². The van der Waals surface area contributed by atoms with Gasteiger partial charge in [0.1, 0.15) is 5.75 Å². The number of esters is 1. The first kappa shape index (κ1) is 23.7. The van der Waals surface area contributed by atoms with Crippen LogP contribution in [-0.2, 0) is 19.7 Å². The van der Waals surface area contributed by atoms with Crippen LogP contribution in [0.3, 0.4) is 0 Å². The number of phenolic OH excluding ortho intramolecular Hbond substituents is 1. The van der Waals surface area contributed by atoms with Crippen molar-refractivity contribution in [1.82, 2.24) is 5.32 Å². The fourth-order valence-corrected chi connectivity index (χ4v) is 2.67. The van der Waals surface area contributed by atoms with Gasteiger partial charge in [0.25, 0.3) is 0 Å². The molecule has 0 radical (unpaired) electrons. The van der Waals surface area contributed by atoms with Gasteiger partial charge in [-0.05, 0) is 46.0 Å². The molecule has 1 amide bonds. The Kier molecular flexibility index (Phi) is 9.47. The van der Waals surface area contributed by atoms with Crippen LogP contribution in [0, 0.1) is 0 Å². The van der Waals surface area contributed by atoms with Crippen molar-refractivity contribution in [2.45, 2.75) is 45.6 Å². The van der Waals surface area contributed by atoms with Gasteiger partial charge in [0.15, 0.2) is 0 Å². The van der Waals surface area contributed by atoms with E-state index in [4.69, 9.17) is 10.5 Å². The largest absolute Gasteiger partial charge is 0.506 e. The van der Waals surface area contributed by atoms with Gasteiger partial charge in [-0.1, -0.05) is 20.8 Å². The van der Waals surface area contributed by atoms with Gasteiger partial charge < -0.3 is 20.9 Å². The highest BCUT2D eigenvalue weighted by Crippen LogP contribution is 2.38. The van der Waals surface area contributed by atoms with Gasteiger partial charge >= 0.3 is 5.97 Å². The Hall–Kier alpha value is -1.31. The lowest BCUT2D eigenvalue weighted by atomic mass is 9.85. The molecule has 8 heteroatoms. The summed E-state index contributed by atoms with van der Waals surface area (Å²) in [7, 11) is 0. The lowest BCUT2D eigenvalue weighted by Crippen LogP contribution is -2.35. The van der Waals surface area contributed by atoms with Crippen LogP contribution in [0.4, 0.5) is 0 Å². The lowest BCUT2D eigenvalue weighted by molar-refractivity contribution is -0.143. The summed E-state index contributed by atoms with van der Waals surface area (Å²) >= 11 is 3.33. The number of nitrogens with two attached hydrogens (primary N) is 1. The van der Waals surface area contributed by atoms with Crippen LogP contribution >= 0.6 is 28.3 Å². The summed E-state index contributed by atoms with van der Waals surface area (Å²) in [6.45, 7) is 7.85. The molecule has 1 aromatic rings. The fraction of sp³-hybridized carbons (Fsp3) is 0.529. The highest BCUT2D eigenvalue weighted by molar-refractivity contribution is 9.10. The molecular weight excluding hydrogens is 412 g/mol. The third kappa shape index (κ3) is 6.84. The Morgan fingerprint density at radius 1 is 1.36 bits per heavy atom.